The van der Waals surface area contributed by atoms with E-state index in [9.17, 15) is 18.5 Å². The van der Waals surface area contributed by atoms with Crippen molar-refractivity contribution in [3.8, 4) is 0 Å². The third kappa shape index (κ3) is 3.31. The summed E-state index contributed by atoms with van der Waals surface area (Å²) in [4.78, 5) is 9.67. The summed E-state index contributed by atoms with van der Waals surface area (Å²) in [6.07, 6.45) is 0. The van der Waals surface area contributed by atoms with Gasteiger partial charge in [-0.15, -0.1) is 0 Å². The third-order valence-electron chi connectivity index (χ3n) is 2.74. The van der Waals surface area contributed by atoms with Gasteiger partial charge in [0.15, 0.2) is 4.90 Å². The first kappa shape index (κ1) is 16.5. The van der Waals surface area contributed by atoms with Crippen LogP contribution in [0, 0.1) is 17.0 Å². The second-order valence-corrected chi connectivity index (χ2v) is 6.28. The Morgan fingerprint density at radius 1 is 1.35 bits per heavy atom. The highest BCUT2D eigenvalue weighted by Gasteiger charge is 2.34. The highest BCUT2D eigenvalue weighted by atomic mass is 32.2. The molecule has 0 aromatic heterocycles. The van der Waals surface area contributed by atoms with Crippen molar-refractivity contribution in [1.82, 2.24) is 4.72 Å². The minimum atomic E-state index is -4.26. The standard InChI is InChI=1S/C11H16N2O6S/c1-8-4-3-5-9(13(16)17)10(8)20(18,19)12-11(2,6-14)7-15/h3-5,12,14-15H,6-7H2,1-2H3. The fourth-order valence-electron chi connectivity index (χ4n) is 1.62. The first-order chi connectivity index (χ1) is 9.17. The molecule has 0 bridgehead atoms. The zero-order chi connectivity index (χ0) is 15.6. The molecule has 0 unspecified atom stereocenters. The number of nitrogens with one attached hydrogen (secondary N) is 1. The molecule has 0 radical (unpaired) electrons. The number of aryl methyl sites for hydroxylation is 1. The molecule has 1 rings (SSSR count). The number of benzene rings is 1. The van der Waals surface area contributed by atoms with Crippen molar-refractivity contribution < 1.29 is 23.6 Å². The second kappa shape index (κ2) is 5.83. The zero-order valence-corrected chi connectivity index (χ0v) is 11.8. The number of nitro benzene ring substituents is 1. The van der Waals surface area contributed by atoms with Crippen molar-refractivity contribution in [1.29, 1.82) is 0 Å². The molecule has 0 aliphatic heterocycles. The molecule has 0 aliphatic carbocycles. The van der Waals surface area contributed by atoms with E-state index >= 15 is 0 Å². The van der Waals surface area contributed by atoms with Gasteiger partial charge in [0.1, 0.15) is 0 Å². The van der Waals surface area contributed by atoms with Crippen molar-refractivity contribution in [3.05, 3.63) is 33.9 Å². The number of sulfonamides is 1. The molecule has 0 saturated heterocycles. The van der Waals surface area contributed by atoms with Gasteiger partial charge in [0, 0.05) is 6.07 Å². The predicted octanol–water partition coefficient (Wildman–Crippen LogP) is -0.0752. The zero-order valence-electron chi connectivity index (χ0n) is 11.0. The van der Waals surface area contributed by atoms with Gasteiger partial charge in [0.25, 0.3) is 5.69 Å². The van der Waals surface area contributed by atoms with E-state index in [0.29, 0.717) is 0 Å². The number of nitro groups is 1. The molecular formula is C11H16N2O6S. The lowest BCUT2D eigenvalue weighted by Crippen LogP contribution is -2.51. The average Bonchev–Trinajstić information content (AvgIpc) is 2.37. The molecule has 1 aromatic carbocycles. The van der Waals surface area contributed by atoms with Crippen LogP contribution in [0.4, 0.5) is 5.69 Å². The third-order valence-corrected chi connectivity index (χ3v) is 4.57. The van der Waals surface area contributed by atoms with Gasteiger partial charge in [-0.05, 0) is 19.4 Å². The predicted molar refractivity (Wildman–Crippen MR) is 70.7 cm³/mol. The first-order valence-corrected chi connectivity index (χ1v) is 7.15. The SMILES string of the molecule is Cc1cccc([N+](=O)[O-])c1S(=O)(=O)NC(C)(CO)CO. The van der Waals surface area contributed by atoms with E-state index in [-0.39, 0.29) is 5.56 Å². The lowest BCUT2D eigenvalue weighted by Gasteiger charge is -2.26. The van der Waals surface area contributed by atoms with E-state index < -0.39 is 44.3 Å². The molecule has 0 spiro atoms. The molecular weight excluding hydrogens is 288 g/mol. The average molecular weight is 304 g/mol. The van der Waals surface area contributed by atoms with Crippen molar-refractivity contribution in [2.24, 2.45) is 0 Å². The topological polar surface area (TPSA) is 130 Å². The largest absolute Gasteiger partial charge is 0.394 e. The summed E-state index contributed by atoms with van der Waals surface area (Å²) >= 11 is 0. The maximum absolute atomic E-state index is 12.3. The van der Waals surface area contributed by atoms with Gasteiger partial charge in [0.05, 0.1) is 23.7 Å². The molecule has 3 N–H and O–H groups in total. The van der Waals surface area contributed by atoms with Gasteiger partial charge in [-0.2, -0.15) is 0 Å². The Labute approximate surface area is 116 Å². The summed E-state index contributed by atoms with van der Waals surface area (Å²) < 4.78 is 26.6. The van der Waals surface area contributed by atoms with Crippen LogP contribution in [0.15, 0.2) is 23.1 Å². The maximum atomic E-state index is 12.3. The van der Waals surface area contributed by atoms with Gasteiger partial charge in [-0.1, -0.05) is 12.1 Å². The van der Waals surface area contributed by atoms with E-state index in [4.69, 9.17) is 10.2 Å². The van der Waals surface area contributed by atoms with Crippen LogP contribution in [-0.2, 0) is 10.0 Å². The van der Waals surface area contributed by atoms with E-state index in [2.05, 4.69) is 4.72 Å². The van der Waals surface area contributed by atoms with E-state index in [1.807, 2.05) is 0 Å². The van der Waals surface area contributed by atoms with Crippen molar-refractivity contribution in [3.63, 3.8) is 0 Å². The van der Waals surface area contributed by atoms with Crippen LogP contribution in [0.3, 0.4) is 0 Å². The molecule has 0 heterocycles. The quantitative estimate of drug-likeness (QED) is 0.498. The monoisotopic (exact) mass is 304 g/mol. The van der Waals surface area contributed by atoms with Crippen LogP contribution in [0.25, 0.3) is 0 Å². The summed E-state index contributed by atoms with van der Waals surface area (Å²) in [5.41, 5.74) is -1.87. The Balaban J connectivity index is 3.40. The minimum absolute atomic E-state index is 0.199. The highest BCUT2D eigenvalue weighted by Crippen LogP contribution is 2.27. The fourth-order valence-corrected chi connectivity index (χ4v) is 3.41. The second-order valence-electron chi connectivity index (χ2n) is 4.66. The van der Waals surface area contributed by atoms with Gasteiger partial charge in [0.2, 0.25) is 10.0 Å². The van der Waals surface area contributed by atoms with Crippen molar-refractivity contribution in [2.45, 2.75) is 24.3 Å². The first-order valence-electron chi connectivity index (χ1n) is 5.66. The van der Waals surface area contributed by atoms with E-state index in [1.165, 1.54) is 26.0 Å². The number of nitrogens with zero attached hydrogens (tertiary/aromatic N) is 1. The Bertz CT molecular complexity index is 609. The van der Waals surface area contributed by atoms with Crippen molar-refractivity contribution in [2.75, 3.05) is 13.2 Å². The van der Waals surface area contributed by atoms with Crippen LogP contribution in [0.2, 0.25) is 0 Å². The van der Waals surface area contributed by atoms with Crippen LogP contribution < -0.4 is 4.72 Å². The Morgan fingerprint density at radius 2 is 1.90 bits per heavy atom. The Morgan fingerprint density at radius 3 is 2.35 bits per heavy atom. The van der Waals surface area contributed by atoms with Crippen LogP contribution >= 0.6 is 0 Å². The van der Waals surface area contributed by atoms with Crippen molar-refractivity contribution >= 4 is 15.7 Å². The summed E-state index contributed by atoms with van der Waals surface area (Å²) in [5.74, 6) is 0. The maximum Gasteiger partial charge on any atom is 0.289 e. The Kier molecular flexibility index (Phi) is 4.81. The minimum Gasteiger partial charge on any atom is -0.394 e. The van der Waals surface area contributed by atoms with Gasteiger partial charge in [-0.25, -0.2) is 13.1 Å². The van der Waals surface area contributed by atoms with Gasteiger partial charge in [-0.3, -0.25) is 10.1 Å². The summed E-state index contributed by atoms with van der Waals surface area (Å²) in [6, 6.07) is 3.89. The number of aliphatic hydroxyl groups is 2. The molecule has 20 heavy (non-hydrogen) atoms. The van der Waals surface area contributed by atoms with Crippen LogP contribution in [-0.4, -0.2) is 42.3 Å². The molecule has 0 aliphatic rings. The number of rotatable bonds is 6. The molecule has 8 nitrogen and oxygen atoms in total. The molecule has 0 atom stereocenters. The molecule has 9 heteroatoms. The summed E-state index contributed by atoms with van der Waals surface area (Å²) in [5, 5.41) is 29.2. The highest BCUT2D eigenvalue weighted by molar-refractivity contribution is 7.89. The van der Waals surface area contributed by atoms with E-state index in [0.717, 1.165) is 6.07 Å². The Hall–Kier alpha value is -1.55. The van der Waals surface area contributed by atoms with Crippen LogP contribution in [0.5, 0.6) is 0 Å². The normalized spacial score (nSPS) is 12.4. The molecule has 112 valence electrons. The summed E-state index contributed by atoms with van der Waals surface area (Å²) in [6.45, 7) is 1.41. The summed E-state index contributed by atoms with van der Waals surface area (Å²) in [7, 11) is -4.26. The van der Waals surface area contributed by atoms with Gasteiger partial charge >= 0.3 is 0 Å². The fraction of sp³-hybridized carbons (Fsp3) is 0.455. The molecule has 0 fully saturated rings. The molecule has 0 amide bonds. The van der Waals surface area contributed by atoms with E-state index in [1.54, 1.807) is 0 Å². The van der Waals surface area contributed by atoms with Crippen LogP contribution in [0.1, 0.15) is 12.5 Å². The number of hydrogen-bond donors (Lipinski definition) is 3. The smallest absolute Gasteiger partial charge is 0.289 e. The molecule has 1 aromatic rings. The lowest BCUT2D eigenvalue weighted by atomic mass is 10.1. The van der Waals surface area contributed by atoms with Gasteiger partial charge < -0.3 is 10.2 Å². The number of aliphatic hydroxyl groups excluding tert-OH is 2. The molecule has 0 saturated carbocycles. The lowest BCUT2D eigenvalue weighted by molar-refractivity contribution is -0.387. The number of hydrogen-bond acceptors (Lipinski definition) is 6.